The van der Waals surface area contributed by atoms with Crippen LogP contribution in [-0.2, 0) is 0 Å². The molecule has 0 saturated heterocycles. The SMILES string of the molecule is C/C(F)=C(/c1noc(C(C=N)C(=Nc2cccc(Cl)c2)C(F)(F)F)c1C#N)C(C)Cl. The number of hydrogen-bond donors (Lipinski definition) is 1. The Labute approximate surface area is 179 Å². The number of aromatic nitrogens is 1. The Hall–Kier alpha value is -2.70. The lowest BCUT2D eigenvalue weighted by atomic mass is 9.94. The van der Waals surface area contributed by atoms with E-state index >= 15 is 0 Å². The summed E-state index contributed by atoms with van der Waals surface area (Å²) in [4.78, 5) is 3.58. The molecule has 0 amide bonds. The molecule has 0 fully saturated rings. The summed E-state index contributed by atoms with van der Waals surface area (Å²) < 4.78 is 60.2. The van der Waals surface area contributed by atoms with Crippen LogP contribution in [0.5, 0.6) is 0 Å². The predicted octanol–water partition coefficient (Wildman–Crippen LogP) is 6.60. The van der Waals surface area contributed by atoms with Crippen LogP contribution < -0.4 is 0 Å². The molecule has 1 N–H and O–H groups in total. The van der Waals surface area contributed by atoms with Crippen LogP contribution in [0.15, 0.2) is 39.6 Å². The van der Waals surface area contributed by atoms with Gasteiger partial charge in [-0.25, -0.2) is 9.38 Å². The highest BCUT2D eigenvalue weighted by molar-refractivity contribution is 6.30. The third-order valence-electron chi connectivity index (χ3n) is 3.95. The van der Waals surface area contributed by atoms with Gasteiger partial charge in [-0.05, 0) is 32.0 Å². The van der Waals surface area contributed by atoms with Gasteiger partial charge < -0.3 is 9.93 Å². The molecule has 2 unspecified atom stereocenters. The van der Waals surface area contributed by atoms with E-state index in [0.717, 1.165) is 6.92 Å². The Balaban J connectivity index is 2.72. The molecule has 0 aliphatic heterocycles. The van der Waals surface area contributed by atoms with Gasteiger partial charge in [-0.1, -0.05) is 22.8 Å². The second-order valence-corrected chi connectivity index (χ2v) is 7.16. The Bertz CT molecular complexity index is 1050. The zero-order valence-electron chi connectivity index (χ0n) is 15.6. The molecular formula is C19H14Cl2F4N4O. The van der Waals surface area contributed by atoms with Gasteiger partial charge in [0, 0.05) is 16.8 Å². The fraction of sp³-hybridized carbons (Fsp3) is 0.263. The van der Waals surface area contributed by atoms with Crippen molar-refractivity contribution < 1.29 is 22.1 Å². The molecule has 5 nitrogen and oxygen atoms in total. The summed E-state index contributed by atoms with van der Waals surface area (Å²) in [7, 11) is 0. The molecule has 2 rings (SSSR count). The van der Waals surface area contributed by atoms with Crippen LogP contribution >= 0.6 is 23.2 Å². The van der Waals surface area contributed by atoms with E-state index in [1.165, 1.54) is 31.2 Å². The number of rotatable bonds is 6. The average Bonchev–Trinajstić information content (AvgIpc) is 3.03. The number of benzene rings is 1. The molecule has 2 aromatic rings. The molecule has 30 heavy (non-hydrogen) atoms. The summed E-state index contributed by atoms with van der Waals surface area (Å²) in [5.74, 6) is -3.28. The van der Waals surface area contributed by atoms with E-state index in [0.29, 0.717) is 6.21 Å². The first-order valence-corrected chi connectivity index (χ1v) is 9.15. The number of nitriles is 1. The smallest absolute Gasteiger partial charge is 0.358 e. The Kier molecular flexibility index (Phi) is 7.39. The van der Waals surface area contributed by atoms with Gasteiger partial charge in [-0.3, -0.25) is 0 Å². The fourth-order valence-corrected chi connectivity index (χ4v) is 3.14. The minimum Gasteiger partial charge on any atom is -0.358 e. The zero-order valence-corrected chi connectivity index (χ0v) is 17.1. The molecule has 1 aromatic heterocycles. The highest BCUT2D eigenvalue weighted by atomic mass is 35.5. The Morgan fingerprint density at radius 2 is 2.07 bits per heavy atom. The fourth-order valence-electron chi connectivity index (χ4n) is 2.71. The standard InChI is InChI=1S/C19H14Cl2F4N4O/c1-9(20)15(10(2)22)16-13(7-26)17(30-29-16)14(8-27)18(19(23,24)25)28-12-5-3-4-11(21)6-12/h3-6,8-9,14,27H,1-2H3/b15-10-,27-8?,28-18?. The van der Waals surface area contributed by atoms with E-state index < -0.39 is 40.3 Å². The predicted molar refractivity (Wildman–Crippen MR) is 106 cm³/mol. The van der Waals surface area contributed by atoms with E-state index in [1.807, 2.05) is 0 Å². The van der Waals surface area contributed by atoms with Gasteiger partial charge in [0.05, 0.1) is 11.1 Å². The molecule has 0 spiro atoms. The molecule has 1 aromatic carbocycles. The summed E-state index contributed by atoms with van der Waals surface area (Å²) in [5, 5.41) is 19.8. The molecule has 0 aliphatic rings. The topological polar surface area (TPSA) is 86.0 Å². The largest absolute Gasteiger partial charge is 0.430 e. The first-order chi connectivity index (χ1) is 14.0. The lowest BCUT2D eigenvalue weighted by molar-refractivity contribution is -0.0607. The molecule has 11 heteroatoms. The van der Waals surface area contributed by atoms with Crippen molar-refractivity contribution in [3.63, 3.8) is 0 Å². The zero-order chi connectivity index (χ0) is 22.6. The van der Waals surface area contributed by atoms with Crippen molar-refractivity contribution in [1.29, 1.82) is 10.7 Å². The molecule has 0 aliphatic carbocycles. The van der Waals surface area contributed by atoms with Crippen molar-refractivity contribution in [2.24, 2.45) is 4.99 Å². The maximum absolute atomic E-state index is 13.9. The minimum absolute atomic E-state index is 0.116. The third kappa shape index (κ3) is 5.07. The summed E-state index contributed by atoms with van der Waals surface area (Å²) in [6.45, 7) is 2.48. The molecule has 2 atom stereocenters. The second kappa shape index (κ2) is 9.41. The van der Waals surface area contributed by atoms with Crippen LogP contribution in [0, 0.1) is 16.7 Å². The quantitative estimate of drug-likeness (QED) is 0.299. The van der Waals surface area contributed by atoms with E-state index in [2.05, 4.69) is 10.1 Å². The van der Waals surface area contributed by atoms with Crippen LogP contribution in [0.2, 0.25) is 5.02 Å². The van der Waals surface area contributed by atoms with Crippen molar-refractivity contribution in [2.75, 3.05) is 0 Å². The number of hydrogen-bond acceptors (Lipinski definition) is 5. The lowest BCUT2D eigenvalue weighted by Crippen LogP contribution is -2.30. The molecule has 0 radical (unpaired) electrons. The first-order valence-electron chi connectivity index (χ1n) is 8.33. The number of nitrogens with zero attached hydrogens (tertiary/aromatic N) is 3. The number of aliphatic imine (C=N–C) groups is 1. The van der Waals surface area contributed by atoms with E-state index in [-0.39, 0.29) is 22.0 Å². The maximum Gasteiger partial charge on any atom is 0.430 e. The normalized spacial score (nSPS) is 15.2. The van der Waals surface area contributed by atoms with Gasteiger partial charge in [-0.2, -0.15) is 18.4 Å². The number of allylic oxidation sites excluding steroid dienone is 2. The molecule has 0 saturated carbocycles. The highest BCUT2D eigenvalue weighted by Crippen LogP contribution is 2.36. The van der Waals surface area contributed by atoms with E-state index in [9.17, 15) is 22.8 Å². The van der Waals surface area contributed by atoms with E-state index in [1.54, 1.807) is 6.07 Å². The van der Waals surface area contributed by atoms with E-state index in [4.69, 9.17) is 33.1 Å². The first kappa shape index (κ1) is 23.6. The lowest BCUT2D eigenvalue weighted by Gasteiger charge is -2.16. The van der Waals surface area contributed by atoms with Crippen LogP contribution in [0.4, 0.5) is 23.2 Å². The number of nitrogens with one attached hydrogen (secondary N) is 1. The van der Waals surface area contributed by atoms with Gasteiger partial charge in [0.1, 0.15) is 34.8 Å². The van der Waals surface area contributed by atoms with Gasteiger partial charge >= 0.3 is 6.18 Å². The average molecular weight is 461 g/mol. The number of alkyl halides is 4. The maximum atomic E-state index is 13.9. The summed E-state index contributed by atoms with van der Waals surface area (Å²) in [6, 6.07) is 7.02. The monoisotopic (exact) mass is 460 g/mol. The Morgan fingerprint density at radius 1 is 1.40 bits per heavy atom. The van der Waals surface area contributed by atoms with Crippen LogP contribution in [-0.4, -0.2) is 28.6 Å². The summed E-state index contributed by atoms with van der Waals surface area (Å²) in [5.41, 5.74) is -2.54. The molecule has 0 bridgehead atoms. The highest BCUT2D eigenvalue weighted by Gasteiger charge is 2.44. The van der Waals surface area contributed by atoms with Gasteiger partial charge in [0.2, 0.25) is 0 Å². The van der Waals surface area contributed by atoms with Crippen molar-refractivity contribution in [1.82, 2.24) is 5.16 Å². The molecular weight excluding hydrogens is 447 g/mol. The van der Waals surface area contributed by atoms with Gasteiger partial charge in [0.25, 0.3) is 0 Å². The molecule has 1 heterocycles. The van der Waals surface area contributed by atoms with Crippen molar-refractivity contribution >= 4 is 46.4 Å². The van der Waals surface area contributed by atoms with Crippen LogP contribution in [0.3, 0.4) is 0 Å². The Morgan fingerprint density at radius 3 is 2.53 bits per heavy atom. The van der Waals surface area contributed by atoms with Crippen LogP contribution in [0.25, 0.3) is 5.57 Å². The number of halogens is 6. The minimum atomic E-state index is -4.99. The van der Waals surface area contributed by atoms with Crippen molar-refractivity contribution in [3.05, 3.63) is 52.1 Å². The van der Waals surface area contributed by atoms with Crippen molar-refractivity contribution in [3.8, 4) is 6.07 Å². The van der Waals surface area contributed by atoms with Gasteiger partial charge in [-0.15, -0.1) is 11.6 Å². The third-order valence-corrected chi connectivity index (χ3v) is 4.40. The van der Waals surface area contributed by atoms with Crippen molar-refractivity contribution in [2.45, 2.75) is 31.3 Å². The summed E-state index contributed by atoms with van der Waals surface area (Å²) >= 11 is 11.7. The van der Waals surface area contributed by atoms with Gasteiger partial charge in [0.15, 0.2) is 5.76 Å². The molecule has 158 valence electrons. The van der Waals surface area contributed by atoms with Crippen LogP contribution in [0.1, 0.15) is 36.8 Å². The second-order valence-electron chi connectivity index (χ2n) is 6.06. The summed E-state index contributed by atoms with van der Waals surface area (Å²) in [6.07, 6.45) is -4.57.